The highest BCUT2D eigenvalue weighted by Crippen LogP contribution is 2.26. The third-order valence-corrected chi connectivity index (χ3v) is 4.14. The van der Waals surface area contributed by atoms with Gasteiger partial charge in [0.1, 0.15) is 0 Å². The Balaban J connectivity index is 2.17. The van der Waals surface area contributed by atoms with Crippen LogP contribution in [-0.2, 0) is 0 Å². The van der Waals surface area contributed by atoms with Crippen LogP contribution < -0.4 is 5.32 Å². The average Bonchev–Trinajstić information content (AvgIpc) is 2.90. The number of amides is 2. The van der Waals surface area contributed by atoms with Gasteiger partial charge in [0.05, 0.1) is 5.56 Å². The van der Waals surface area contributed by atoms with Crippen molar-refractivity contribution in [2.24, 2.45) is 5.92 Å². The van der Waals surface area contributed by atoms with E-state index in [1.54, 1.807) is 25.1 Å². The number of likely N-dealkylation sites (tertiary alicyclic amines) is 1. The average molecular weight is 290 g/mol. The van der Waals surface area contributed by atoms with Crippen LogP contribution in [0.4, 0.5) is 10.5 Å². The summed E-state index contributed by atoms with van der Waals surface area (Å²) in [5, 5.41) is 12.0. The third kappa shape index (κ3) is 3.17. The molecule has 1 aliphatic rings. The Morgan fingerprint density at radius 2 is 2.10 bits per heavy atom. The van der Waals surface area contributed by atoms with Gasteiger partial charge in [0.15, 0.2) is 0 Å². The highest BCUT2D eigenvalue weighted by Gasteiger charge is 2.31. The number of anilines is 1. The summed E-state index contributed by atoms with van der Waals surface area (Å²) in [6, 6.07) is 5.04. The van der Waals surface area contributed by atoms with Gasteiger partial charge in [-0.3, -0.25) is 0 Å². The van der Waals surface area contributed by atoms with Gasteiger partial charge in [-0.1, -0.05) is 19.9 Å². The van der Waals surface area contributed by atoms with E-state index in [0.29, 0.717) is 17.2 Å². The molecule has 2 N–H and O–H groups in total. The third-order valence-electron chi connectivity index (χ3n) is 4.14. The lowest BCUT2D eigenvalue weighted by atomic mass is 10.0. The fourth-order valence-electron chi connectivity index (χ4n) is 2.93. The first-order chi connectivity index (χ1) is 9.91. The Kier molecular flexibility index (Phi) is 4.50. The molecule has 1 atom stereocenters. The Morgan fingerprint density at radius 1 is 1.38 bits per heavy atom. The summed E-state index contributed by atoms with van der Waals surface area (Å²) in [5.41, 5.74) is 1.36. The van der Waals surface area contributed by atoms with E-state index >= 15 is 0 Å². The Morgan fingerprint density at radius 3 is 2.71 bits per heavy atom. The molecule has 0 radical (unpaired) electrons. The number of aromatic carboxylic acids is 1. The number of urea groups is 1. The van der Waals surface area contributed by atoms with Crippen LogP contribution in [0.15, 0.2) is 18.2 Å². The number of carboxylic acid groups (broad SMARTS) is 1. The fraction of sp³-hybridized carbons (Fsp3) is 0.500. The minimum absolute atomic E-state index is 0.142. The zero-order chi connectivity index (χ0) is 15.6. The normalized spacial score (nSPS) is 18.1. The van der Waals surface area contributed by atoms with Gasteiger partial charge >= 0.3 is 12.0 Å². The maximum atomic E-state index is 12.4. The van der Waals surface area contributed by atoms with Crippen LogP contribution in [0.3, 0.4) is 0 Å². The molecular formula is C16H22N2O3. The van der Waals surface area contributed by atoms with Crippen molar-refractivity contribution in [3.8, 4) is 0 Å². The highest BCUT2D eigenvalue weighted by molar-refractivity contribution is 5.95. The van der Waals surface area contributed by atoms with Crippen LogP contribution in [0.1, 0.15) is 42.6 Å². The molecule has 2 amide bonds. The van der Waals surface area contributed by atoms with Crippen molar-refractivity contribution in [1.82, 2.24) is 4.90 Å². The molecule has 0 aliphatic carbocycles. The van der Waals surface area contributed by atoms with E-state index in [1.807, 2.05) is 4.90 Å². The van der Waals surface area contributed by atoms with Crippen LogP contribution in [0.5, 0.6) is 0 Å². The number of nitrogens with zero attached hydrogens (tertiary/aromatic N) is 1. The number of rotatable bonds is 3. The Labute approximate surface area is 125 Å². The van der Waals surface area contributed by atoms with Gasteiger partial charge in [-0.2, -0.15) is 0 Å². The predicted molar refractivity (Wildman–Crippen MR) is 81.7 cm³/mol. The van der Waals surface area contributed by atoms with Crippen LogP contribution >= 0.6 is 0 Å². The highest BCUT2D eigenvalue weighted by atomic mass is 16.4. The summed E-state index contributed by atoms with van der Waals surface area (Å²) in [7, 11) is 0. The number of hydrogen-bond donors (Lipinski definition) is 2. The lowest BCUT2D eigenvalue weighted by molar-refractivity contribution is 0.0696. The van der Waals surface area contributed by atoms with Crippen molar-refractivity contribution < 1.29 is 14.7 Å². The molecule has 1 unspecified atom stereocenters. The SMILES string of the molecule is Cc1c(NC(=O)N2CCCC2C(C)C)cccc1C(=O)O. The van der Waals surface area contributed by atoms with E-state index in [0.717, 1.165) is 19.4 Å². The largest absolute Gasteiger partial charge is 0.478 e. The van der Waals surface area contributed by atoms with E-state index in [2.05, 4.69) is 19.2 Å². The number of carbonyl (C=O) groups is 2. The molecule has 0 bridgehead atoms. The van der Waals surface area contributed by atoms with Crippen LogP contribution in [0, 0.1) is 12.8 Å². The zero-order valence-corrected chi connectivity index (χ0v) is 12.7. The van der Waals surface area contributed by atoms with Gasteiger partial charge in [0.2, 0.25) is 0 Å². The van der Waals surface area contributed by atoms with Crippen LogP contribution in [-0.4, -0.2) is 34.6 Å². The molecule has 21 heavy (non-hydrogen) atoms. The van der Waals surface area contributed by atoms with Crippen molar-refractivity contribution in [3.05, 3.63) is 29.3 Å². The lowest BCUT2D eigenvalue weighted by Gasteiger charge is -2.28. The summed E-state index contributed by atoms with van der Waals surface area (Å²) >= 11 is 0. The van der Waals surface area contributed by atoms with Crippen molar-refractivity contribution in [2.45, 2.75) is 39.7 Å². The molecule has 0 saturated carbocycles. The van der Waals surface area contributed by atoms with Crippen molar-refractivity contribution in [1.29, 1.82) is 0 Å². The van der Waals surface area contributed by atoms with Gasteiger partial charge in [-0.15, -0.1) is 0 Å². The van der Waals surface area contributed by atoms with Crippen LogP contribution in [0.2, 0.25) is 0 Å². The summed E-state index contributed by atoms with van der Waals surface area (Å²) < 4.78 is 0. The Bertz CT molecular complexity index is 554. The van der Waals surface area contributed by atoms with Gasteiger partial charge in [0, 0.05) is 18.3 Å². The quantitative estimate of drug-likeness (QED) is 0.897. The lowest BCUT2D eigenvalue weighted by Crippen LogP contribution is -2.41. The second-order valence-electron chi connectivity index (χ2n) is 5.86. The first kappa shape index (κ1) is 15.4. The molecule has 1 aromatic carbocycles. The monoisotopic (exact) mass is 290 g/mol. The molecular weight excluding hydrogens is 268 g/mol. The number of carboxylic acids is 1. The minimum atomic E-state index is -0.982. The van der Waals surface area contributed by atoms with E-state index in [9.17, 15) is 9.59 Å². The molecule has 0 aromatic heterocycles. The van der Waals surface area contributed by atoms with Crippen molar-refractivity contribution >= 4 is 17.7 Å². The predicted octanol–water partition coefficient (Wildman–Crippen LogP) is 3.35. The second-order valence-corrected chi connectivity index (χ2v) is 5.86. The first-order valence-electron chi connectivity index (χ1n) is 7.32. The van der Waals surface area contributed by atoms with E-state index < -0.39 is 5.97 Å². The molecule has 1 aliphatic heterocycles. The molecule has 5 heteroatoms. The molecule has 1 heterocycles. The molecule has 0 spiro atoms. The van der Waals surface area contributed by atoms with Crippen LogP contribution in [0.25, 0.3) is 0 Å². The van der Waals surface area contributed by atoms with Gasteiger partial charge in [-0.05, 0) is 43.4 Å². The number of hydrogen-bond acceptors (Lipinski definition) is 2. The summed E-state index contributed by atoms with van der Waals surface area (Å²) in [6.07, 6.45) is 2.05. The number of nitrogens with one attached hydrogen (secondary N) is 1. The molecule has 1 saturated heterocycles. The minimum Gasteiger partial charge on any atom is -0.478 e. The van der Waals surface area contributed by atoms with E-state index in [1.165, 1.54) is 0 Å². The fourth-order valence-corrected chi connectivity index (χ4v) is 2.93. The first-order valence-corrected chi connectivity index (χ1v) is 7.32. The standard InChI is InChI=1S/C16H22N2O3/c1-10(2)14-8-5-9-18(14)16(21)17-13-7-4-6-12(11(13)3)15(19)20/h4,6-7,10,14H,5,8-9H2,1-3H3,(H,17,21)(H,19,20). The van der Waals surface area contributed by atoms with Gasteiger partial charge < -0.3 is 15.3 Å². The summed E-state index contributed by atoms with van der Waals surface area (Å²) in [6.45, 7) is 6.70. The number of benzene rings is 1. The molecule has 1 fully saturated rings. The maximum absolute atomic E-state index is 12.4. The molecule has 114 valence electrons. The van der Waals surface area contributed by atoms with Gasteiger partial charge in [0.25, 0.3) is 0 Å². The molecule has 5 nitrogen and oxygen atoms in total. The smallest absolute Gasteiger partial charge is 0.336 e. The van der Waals surface area contributed by atoms with E-state index in [-0.39, 0.29) is 17.6 Å². The number of carbonyl (C=O) groups excluding carboxylic acids is 1. The summed E-state index contributed by atoms with van der Waals surface area (Å²) in [5.74, 6) is -0.561. The Hall–Kier alpha value is -2.04. The van der Waals surface area contributed by atoms with E-state index in [4.69, 9.17) is 5.11 Å². The maximum Gasteiger partial charge on any atom is 0.336 e. The summed E-state index contributed by atoms with van der Waals surface area (Å²) in [4.78, 5) is 25.4. The second kappa shape index (κ2) is 6.16. The zero-order valence-electron chi connectivity index (χ0n) is 12.7. The van der Waals surface area contributed by atoms with Crippen molar-refractivity contribution in [3.63, 3.8) is 0 Å². The molecule has 1 aromatic rings. The topological polar surface area (TPSA) is 69.6 Å². The molecule has 2 rings (SSSR count). The van der Waals surface area contributed by atoms with Crippen molar-refractivity contribution in [2.75, 3.05) is 11.9 Å². The van der Waals surface area contributed by atoms with Gasteiger partial charge in [-0.25, -0.2) is 9.59 Å².